The van der Waals surface area contributed by atoms with Crippen LogP contribution < -0.4 is 0 Å². The molecule has 2 amide bonds. The normalized spacial score (nSPS) is 34.8. The van der Waals surface area contributed by atoms with E-state index < -0.39 is 0 Å². The van der Waals surface area contributed by atoms with Crippen LogP contribution in [0.2, 0.25) is 0 Å². The summed E-state index contributed by atoms with van der Waals surface area (Å²) in [6.45, 7) is 0. The second kappa shape index (κ2) is 4.15. The number of carbonyl (C=O) groups is 2. The van der Waals surface area contributed by atoms with Gasteiger partial charge in [-0.15, -0.1) is 0 Å². The molecule has 1 aliphatic heterocycles. The third-order valence-electron chi connectivity index (χ3n) is 4.34. The Labute approximate surface area is 123 Å². The van der Waals surface area contributed by atoms with Crippen molar-refractivity contribution in [1.82, 2.24) is 5.01 Å². The molecule has 0 unspecified atom stereocenters. The van der Waals surface area contributed by atoms with Gasteiger partial charge in [-0.05, 0) is 46.3 Å². The van der Waals surface area contributed by atoms with Crippen molar-refractivity contribution in [3.63, 3.8) is 0 Å². The van der Waals surface area contributed by atoms with Gasteiger partial charge in [0.05, 0.1) is 18.1 Å². The van der Waals surface area contributed by atoms with Crippen LogP contribution in [-0.2, 0) is 9.59 Å². The number of hydrogen-bond donors (Lipinski definition) is 0. The molecule has 0 spiro atoms. The van der Waals surface area contributed by atoms with E-state index in [9.17, 15) is 9.59 Å². The number of rotatable bonds is 2. The van der Waals surface area contributed by atoms with E-state index in [1.54, 1.807) is 12.1 Å². The van der Waals surface area contributed by atoms with Crippen molar-refractivity contribution >= 4 is 34.0 Å². The lowest BCUT2D eigenvalue weighted by atomic mass is 9.85. The maximum atomic E-state index is 12.3. The largest absolute Gasteiger partial charge is 0.448 e. The van der Waals surface area contributed by atoms with E-state index in [0.717, 1.165) is 11.4 Å². The average Bonchev–Trinajstić information content (AvgIpc) is 3.15. The molecule has 4 atom stereocenters. The number of halogens is 1. The first-order valence-electron chi connectivity index (χ1n) is 6.50. The zero-order valence-corrected chi connectivity index (χ0v) is 12.0. The zero-order valence-electron chi connectivity index (χ0n) is 10.4. The molecule has 1 aromatic rings. The fourth-order valence-electron chi connectivity index (χ4n) is 3.51. The lowest BCUT2D eigenvalue weighted by Gasteiger charge is -2.13. The Balaban J connectivity index is 1.60. The van der Waals surface area contributed by atoms with E-state index in [1.165, 1.54) is 6.21 Å². The fourth-order valence-corrected chi connectivity index (χ4v) is 3.83. The Morgan fingerprint density at radius 3 is 2.40 bits per heavy atom. The first-order valence-corrected chi connectivity index (χ1v) is 7.30. The third kappa shape index (κ3) is 1.57. The van der Waals surface area contributed by atoms with Crippen LogP contribution in [0.1, 0.15) is 12.2 Å². The topological polar surface area (TPSA) is 62.9 Å². The van der Waals surface area contributed by atoms with Crippen molar-refractivity contribution in [2.75, 3.05) is 0 Å². The molecular weight excluding hydrogens is 324 g/mol. The summed E-state index contributed by atoms with van der Waals surface area (Å²) in [6, 6.07) is 3.44. The molecule has 4 rings (SSSR count). The lowest BCUT2D eigenvalue weighted by Crippen LogP contribution is -2.28. The van der Waals surface area contributed by atoms with Crippen molar-refractivity contribution < 1.29 is 14.0 Å². The summed E-state index contributed by atoms with van der Waals surface area (Å²) >= 11 is 3.19. The first-order chi connectivity index (χ1) is 9.65. The minimum atomic E-state index is -0.210. The highest BCUT2D eigenvalue weighted by Gasteiger charge is 2.59. The predicted octanol–water partition coefficient (Wildman–Crippen LogP) is 2.18. The number of fused-ring (bicyclic) bond motifs is 5. The summed E-state index contributed by atoms with van der Waals surface area (Å²) in [7, 11) is 0. The molecule has 102 valence electrons. The van der Waals surface area contributed by atoms with Gasteiger partial charge in [0.2, 0.25) is 0 Å². The van der Waals surface area contributed by atoms with Crippen LogP contribution in [-0.4, -0.2) is 23.0 Å². The van der Waals surface area contributed by atoms with Crippen LogP contribution in [0.5, 0.6) is 0 Å². The number of hydrogen-bond acceptors (Lipinski definition) is 4. The van der Waals surface area contributed by atoms with Crippen LogP contribution in [0.15, 0.2) is 38.5 Å². The molecule has 1 saturated heterocycles. The van der Waals surface area contributed by atoms with E-state index >= 15 is 0 Å². The Bertz CT molecular complexity index is 633. The van der Waals surface area contributed by atoms with Crippen LogP contribution >= 0.6 is 15.9 Å². The first kappa shape index (κ1) is 12.1. The van der Waals surface area contributed by atoms with E-state index in [0.29, 0.717) is 10.4 Å². The van der Waals surface area contributed by atoms with Gasteiger partial charge in [0.1, 0.15) is 5.76 Å². The monoisotopic (exact) mass is 334 g/mol. The molecule has 20 heavy (non-hydrogen) atoms. The van der Waals surface area contributed by atoms with Crippen LogP contribution in [0.4, 0.5) is 0 Å². The number of carbonyl (C=O) groups excluding carboxylic acids is 2. The summed E-state index contributed by atoms with van der Waals surface area (Å²) in [4.78, 5) is 24.7. The van der Waals surface area contributed by atoms with Crippen molar-refractivity contribution in [1.29, 1.82) is 0 Å². The number of imide groups is 1. The molecule has 3 aliphatic rings. The molecule has 1 saturated carbocycles. The molecule has 6 heteroatoms. The van der Waals surface area contributed by atoms with Gasteiger partial charge < -0.3 is 4.42 Å². The van der Waals surface area contributed by atoms with E-state index in [1.807, 2.05) is 0 Å². The second-order valence-electron chi connectivity index (χ2n) is 5.37. The SMILES string of the molecule is O=C1[C@H]2[C@H](C(=O)N1/N=C\c1ccc(Br)o1)[C@H]1C=C[C@H]2C1. The molecule has 2 bridgehead atoms. The van der Waals surface area contributed by atoms with Gasteiger partial charge in [0, 0.05) is 0 Å². The molecule has 1 aromatic heterocycles. The molecular formula is C14H11BrN2O3. The van der Waals surface area contributed by atoms with Crippen molar-refractivity contribution in [2.24, 2.45) is 28.8 Å². The maximum absolute atomic E-state index is 12.3. The Morgan fingerprint density at radius 1 is 1.20 bits per heavy atom. The maximum Gasteiger partial charge on any atom is 0.254 e. The highest BCUT2D eigenvalue weighted by atomic mass is 79.9. The average molecular weight is 335 g/mol. The van der Waals surface area contributed by atoms with Crippen LogP contribution in [0, 0.1) is 23.7 Å². The molecule has 2 aliphatic carbocycles. The smallest absolute Gasteiger partial charge is 0.254 e. The summed E-state index contributed by atoms with van der Waals surface area (Å²) in [5.41, 5.74) is 0. The van der Waals surface area contributed by atoms with Crippen LogP contribution in [0.25, 0.3) is 0 Å². The number of amides is 2. The van der Waals surface area contributed by atoms with Gasteiger partial charge in [-0.25, -0.2) is 0 Å². The Hall–Kier alpha value is -1.69. The molecule has 0 radical (unpaired) electrons. The molecule has 0 aromatic carbocycles. The second-order valence-corrected chi connectivity index (χ2v) is 6.16. The van der Waals surface area contributed by atoms with Gasteiger partial charge in [0.15, 0.2) is 4.67 Å². The van der Waals surface area contributed by atoms with E-state index in [2.05, 4.69) is 33.2 Å². The number of allylic oxidation sites excluding steroid dienone is 2. The summed E-state index contributed by atoms with van der Waals surface area (Å²) in [6.07, 6.45) is 6.45. The highest BCUT2D eigenvalue weighted by molar-refractivity contribution is 9.10. The number of hydrazone groups is 1. The highest BCUT2D eigenvalue weighted by Crippen LogP contribution is 2.52. The number of nitrogens with zero attached hydrogens (tertiary/aromatic N) is 2. The lowest BCUT2D eigenvalue weighted by molar-refractivity contribution is -0.140. The minimum absolute atomic E-state index is 0.182. The molecule has 5 nitrogen and oxygen atoms in total. The fraction of sp³-hybridized carbons (Fsp3) is 0.357. The molecule has 2 fully saturated rings. The molecule has 2 heterocycles. The Kier molecular flexibility index (Phi) is 2.51. The van der Waals surface area contributed by atoms with Crippen LogP contribution in [0.3, 0.4) is 0 Å². The van der Waals surface area contributed by atoms with Gasteiger partial charge >= 0.3 is 0 Å². The standard InChI is InChI=1S/C14H11BrN2O3/c15-10-4-3-9(20-10)6-16-17-13(18)11-7-1-2-8(5-7)12(11)14(17)19/h1-4,6-8,11-12H,5H2/b16-6-/t7-,8-,11+,12+/m0/s1. The van der Waals surface area contributed by atoms with Crippen molar-refractivity contribution in [3.05, 3.63) is 34.7 Å². The predicted molar refractivity (Wildman–Crippen MR) is 73.6 cm³/mol. The summed E-state index contributed by atoms with van der Waals surface area (Å²) in [5, 5.41) is 5.03. The van der Waals surface area contributed by atoms with Crippen molar-refractivity contribution in [2.45, 2.75) is 6.42 Å². The summed E-state index contributed by atoms with van der Waals surface area (Å²) < 4.78 is 5.85. The van der Waals surface area contributed by atoms with Gasteiger partial charge in [0.25, 0.3) is 11.8 Å². The zero-order chi connectivity index (χ0) is 13.9. The quantitative estimate of drug-likeness (QED) is 0.473. The number of furan rings is 1. The van der Waals surface area contributed by atoms with Gasteiger partial charge in [-0.3, -0.25) is 9.59 Å². The van der Waals surface area contributed by atoms with Gasteiger partial charge in [-0.2, -0.15) is 10.1 Å². The minimum Gasteiger partial charge on any atom is -0.448 e. The van der Waals surface area contributed by atoms with Gasteiger partial charge in [-0.1, -0.05) is 12.2 Å². The van der Waals surface area contributed by atoms with E-state index in [-0.39, 0.29) is 35.5 Å². The van der Waals surface area contributed by atoms with Crippen molar-refractivity contribution in [3.8, 4) is 0 Å². The molecule has 0 N–H and O–H groups in total. The third-order valence-corrected chi connectivity index (χ3v) is 4.77. The summed E-state index contributed by atoms with van der Waals surface area (Å²) in [5.74, 6) is 0.128. The van der Waals surface area contributed by atoms with E-state index in [4.69, 9.17) is 4.42 Å². The Morgan fingerprint density at radius 2 is 1.85 bits per heavy atom.